The van der Waals surface area contributed by atoms with Gasteiger partial charge in [0.15, 0.2) is 5.03 Å². The molecule has 6 nitrogen and oxygen atoms in total. The van der Waals surface area contributed by atoms with Crippen LogP contribution in [0, 0.1) is 12.8 Å². The van der Waals surface area contributed by atoms with Gasteiger partial charge in [0.1, 0.15) is 5.82 Å². The highest BCUT2D eigenvalue weighted by Crippen LogP contribution is 2.38. The largest absolute Gasteiger partial charge is 0.372 e. The Kier molecular flexibility index (Phi) is 4.80. The second-order valence-electron chi connectivity index (χ2n) is 6.84. The van der Waals surface area contributed by atoms with Gasteiger partial charge in [-0.2, -0.15) is 4.31 Å². The van der Waals surface area contributed by atoms with Crippen LogP contribution in [-0.2, 0) is 21.8 Å². The van der Waals surface area contributed by atoms with Crippen molar-refractivity contribution in [3.63, 3.8) is 0 Å². The Bertz CT molecular complexity index is 632. The van der Waals surface area contributed by atoms with E-state index >= 15 is 0 Å². The van der Waals surface area contributed by atoms with Gasteiger partial charge >= 0.3 is 0 Å². The summed E-state index contributed by atoms with van der Waals surface area (Å²) in [6.07, 6.45) is 7.06. The van der Waals surface area contributed by atoms with Crippen LogP contribution in [-0.4, -0.2) is 47.6 Å². The molecule has 0 bridgehead atoms. The molecule has 0 unspecified atom stereocenters. The molecule has 2 atom stereocenters. The van der Waals surface area contributed by atoms with E-state index < -0.39 is 10.0 Å². The van der Waals surface area contributed by atoms with Gasteiger partial charge < -0.3 is 9.30 Å². The summed E-state index contributed by atoms with van der Waals surface area (Å²) >= 11 is 0. The van der Waals surface area contributed by atoms with Crippen molar-refractivity contribution in [3.8, 4) is 0 Å². The molecule has 1 saturated heterocycles. The maximum atomic E-state index is 13.0. The zero-order valence-corrected chi connectivity index (χ0v) is 15.1. The summed E-state index contributed by atoms with van der Waals surface area (Å²) in [5, 5.41) is 0.156. The van der Waals surface area contributed by atoms with Gasteiger partial charge in [-0.15, -0.1) is 0 Å². The van der Waals surface area contributed by atoms with E-state index in [0.717, 1.165) is 32.1 Å². The molecule has 23 heavy (non-hydrogen) atoms. The van der Waals surface area contributed by atoms with Crippen molar-refractivity contribution in [1.82, 2.24) is 13.9 Å². The van der Waals surface area contributed by atoms with Gasteiger partial charge in [-0.3, -0.25) is 0 Å². The lowest BCUT2D eigenvalue weighted by Crippen LogP contribution is -2.50. The highest BCUT2D eigenvalue weighted by atomic mass is 32.2. The van der Waals surface area contributed by atoms with Crippen molar-refractivity contribution in [2.24, 2.45) is 13.0 Å². The summed E-state index contributed by atoms with van der Waals surface area (Å²) in [5.41, 5.74) is 0. The topological polar surface area (TPSA) is 64.4 Å². The Morgan fingerprint density at radius 3 is 2.65 bits per heavy atom. The molecule has 1 saturated carbocycles. The van der Waals surface area contributed by atoms with E-state index in [9.17, 15) is 8.42 Å². The lowest BCUT2D eigenvalue weighted by Gasteiger charge is -2.37. The van der Waals surface area contributed by atoms with E-state index in [-0.39, 0.29) is 17.2 Å². The molecule has 1 aliphatic carbocycles. The molecule has 3 rings (SSSR count). The van der Waals surface area contributed by atoms with Crippen molar-refractivity contribution in [1.29, 1.82) is 0 Å². The van der Waals surface area contributed by atoms with Crippen LogP contribution >= 0.6 is 0 Å². The van der Waals surface area contributed by atoms with Crippen LogP contribution < -0.4 is 0 Å². The molecule has 130 valence electrons. The first kappa shape index (κ1) is 16.9. The summed E-state index contributed by atoms with van der Waals surface area (Å²) in [6, 6.07) is 0. The second-order valence-corrected chi connectivity index (χ2v) is 8.72. The van der Waals surface area contributed by atoms with E-state index in [1.807, 2.05) is 14.0 Å². The predicted molar refractivity (Wildman–Crippen MR) is 87.6 cm³/mol. The van der Waals surface area contributed by atoms with Crippen LogP contribution in [0.1, 0.15) is 44.9 Å². The number of hydrogen-bond donors (Lipinski definition) is 0. The molecule has 1 aromatic heterocycles. The molecule has 1 aliphatic heterocycles. The van der Waals surface area contributed by atoms with Crippen LogP contribution in [0.15, 0.2) is 11.2 Å². The number of imidazole rings is 1. The maximum absolute atomic E-state index is 13.0. The van der Waals surface area contributed by atoms with Gasteiger partial charge in [0.25, 0.3) is 10.0 Å². The number of rotatable bonds is 6. The van der Waals surface area contributed by atoms with Gasteiger partial charge in [-0.05, 0) is 32.1 Å². The summed E-state index contributed by atoms with van der Waals surface area (Å²) in [5.74, 6) is 1.24. The first-order valence-corrected chi connectivity index (χ1v) is 10.0. The maximum Gasteiger partial charge on any atom is 0.262 e. The molecule has 0 spiro atoms. The SMILES string of the molecule is CCCC[C@@H]1CN(S(=O)(=O)c2cn(C)c(C)n2)C[C@H](C2CC2)O1. The minimum atomic E-state index is -3.54. The third kappa shape index (κ3) is 3.61. The van der Waals surface area contributed by atoms with Gasteiger partial charge in [0.05, 0.1) is 12.2 Å². The molecular weight excluding hydrogens is 314 g/mol. The second kappa shape index (κ2) is 6.53. The molecule has 2 heterocycles. The monoisotopic (exact) mass is 341 g/mol. The molecule has 0 amide bonds. The summed E-state index contributed by atoms with van der Waals surface area (Å²) in [6.45, 7) is 4.87. The molecule has 0 radical (unpaired) electrons. The Labute approximate surface area is 138 Å². The number of unbranched alkanes of at least 4 members (excludes halogenated alkanes) is 1. The molecule has 2 aliphatic rings. The first-order chi connectivity index (χ1) is 10.9. The van der Waals surface area contributed by atoms with Crippen molar-refractivity contribution < 1.29 is 13.2 Å². The average Bonchev–Trinajstić information content (AvgIpc) is 3.31. The highest BCUT2D eigenvalue weighted by molar-refractivity contribution is 7.89. The third-order valence-electron chi connectivity index (χ3n) is 4.88. The van der Waals surface area contributed by atoms with Crippen LogP contribution in [0.3, 0.4) is 0 Å². The zero-order valence-electron chi connectivity index (χ0n) is 14.2. The van der Waals surface area contributed by atoms with Gasteiger partial charge in [0, 0.05) is 26.3 Å². The number of aryl methyl sites for hydroxylation is 2. The van der Waals surface area contributed by atoms with Gasteiger partial charge in [0.2, 0.25) is 0 Å². The predicted octanol–water partition coefficient (Wildman–Crippen LogP) is 2.09. The quantitative estimate of drug-likeness (QED) is 0.795. The van der Waals surface area contributed by atoms with Crippen LogP contribution in [0.25, 0.3) is 0 Å². The van der Waals surface area contributed by atoms with Crippen LogP contribution in [0.5, 0.6) is 0 Å². The highest BCUT2D eigenvalue weighted by Gasteiger charge is 2.42. The molecule has 1 aromatic rings. The fraction of sp³-hybridized carbons (Fsp3) is 0.812. The van der Waals surface area contributed by atoms with Crippen molar-refractivity contribution >= 4 is 10.0 Å². The van der Waals surface area contributed by atoms with Crippen molar-refractivity contribution in [2.75, 3.05) is 13.1 Å². The average molecular weight is 341 g/mol. The summed E-state index contributed by atoms with van der Waals surface area (Å²) in [4.78, 5) is 4.22. The normalized spacial score (nSPS) is 26.6. The van der Waals surface area contributed by atoms with Crippen LogP contribution in [0.2, 0.25) is 0 Å². The standard InChI is InChI=1S/C16H27N3O3S/c1-4-5-6-14-9-19(10-15(22-14)13-7-8-13)23(20,21)16-11-18(3)12(2)17-16/h11,13-15H,4-10H2,1-3H3/t14-,15-/m1/s1. The molecule has 2 fully saturated rings. The van der Waals surface area contributed by atoms with Gasteiger partial charge in [-0.25, -0.2) is 13.4 Å². The minimum Gasteiger partial charge on any atom is -0.372 e. The fourth-order valence-electron chi connectivity index (χ4n) is 3.13. The fourth-order valence-corrected chi connectivity index (χ4v) is 4.64. The Morgan fingerprint density at radius 2 is 2.09 bits per heavy atom. The number of nitrogens with zero attached hydrogens (tertiary/aromatic N) is 3. The number of hydrogen-bond acceptors (Lipinski definition) is 4. The van der Waals surface area contributed by atoms with E-state index in [0.29, 0.717) is 24.8 Å². The third-order valence-corrected chi connectivity index (χ3v) is 6.58. The van der Waals surface area contributed by atoms with E-state index in [2.05, 4.69) is 11.9 Å². The first-order valence-electron chi connectivity index (χ1n) is 8.57. The number of sulfonamides is 1. The zero-order chi connectivity index (χ0) is 16.6. The number of ether oxygens (including phenoxy) is 1. The summed E-state index contributed by atoms with van der Waals surface area (Å²) in [7, 11) is -1.72. The molecule has 0 N–H and O–H groups in total. The Hall–Kier alpha value is -0.920. The van der Waals surface area contributed by atoms with E-state index in [1.54, 1.807) is 15.1 Å². The van der Waals surface area contributed by atoms with Gasteiger partial charge in [-0.1, -0.05) is 19.8 Å². The van der Waals surface area contributed by atoms with E-state index in [1.165, 1.54) is 0 Å². The molecule has 7 heteroatoms. The molecular formula is C16H27N3O3S. The van der Waals surface area contributed by atoms with Crippen molar-refractivity contribution in [2.45, 2.75) is 63.2 Å². The Balaban J connectivity index is 1.80. The lowest BCUT2D eigenvalue weighted by molar-refractivity contribution is -0.0761. The summed E-state index contributed by atoms with van der Waals surface area (Å²) < 4.78 is 35.4. The molecule has 0 aromatic carbocycles. The minimum absolute atomic E-state index is 0.00823. The van der Waals surface area contributed by atoms with Crippen molar-refractivity contribution in [3.05, 3.63) is 12.0 Å². The Morgan fingerprint density at radius 1 is 1.35 bits per heavy atom. The number of aromatic nitrogens is 2. The van der Waals surface area contributed by atoms with E-state index in [4.69, 9.17) is 4.74 Å². The lowest BCUT2D eigenvalue weighted by atomic mass is 10.1. The smallest absolute Gasteiger partial charge is 0.262 e. The van der Waals surface area contributed by atoms with Crippen LogP contribution in [0.4, 0.5) is 0 Å². The number of morpholine rings is 1.